The molecular weight excluding hydrogens is 813 g/mol. The molecular formula is C44H40N2O8S4. The van der Waals surface area contributed by atoms with Crippen molar-refractivity contribution < 1.29 is 38.9 Å². The number of nitrogens with zero attached hydrogens (tertiary/aromatic N) is 2. The highest BCUT2D eigenvalue weighted by atomic mass is 32.2. The van der Waals surface area contributed by atoms with E-state index in [9.17, 15) is 19.2 Å². The summed E-state index contributed by atoms with van der Waals surface area (Å²) in [7, 11) is 3.89. The largest absolute Gasteiger partial charge is 0.481 e. The zero-order valence-electron chi connectivity index (χ0n) is 32.5. The van der Waals surface area contributed by atoms with Crippen molar-refractivity contribution in [2.45, 2.75) is 40.5 Å². The van der Waals surface area contributed by atoms with E-state index in [1.807, 2.05) is 92.4 Å². The van der Waals surface area contributed by atoms with Gasteiger partial charge in [0.1, 0.15) is 0 Å². The van der Waals surface area contributed by atoms with Gasteiger partial charge in [-0.05, 0) is 97.9 Å². The first kappa shape index (κ1) is 42.3. The number of rotatable bonds is 8. The molecule has 0 aliphatic carbocycles. The molecule has 4 aliphatic rings. The van der Waals surface area contributed by atoms with Gasteiger partial charge in [0.15, 0.2) is 34.8 Å². The summed E-state index contributed by atoms with van der Waals surface area (Å²) in [6, 6.07) is 16.3. The lowest BCUT2D eigenvalue weighted by atomic mass is 10.0. The summed E-state index contributed by atoms with van der Waals surface area (Å²) >= 11 is 12.7. The zero-order valence-corrected chi connectivity index (χ0v) is 35.8. The van der Waals surface area contributed by atoms with Crippen LogP contribution in [0.3, 0.4) is 0 Å². The lowest BCUT2D eigenvalue weighted by Gasteiger charge is -2.11. The number of thioether (sulfide) groups is 2. The number of hydrogen-bond acceptors (Lipinski definition) is 12. The SMILES string of the molecule is CC(=C\C=C1/Oc2c(ccc3ccccc23)N1C)/C=C1/SC(=S)C(CC(=O)O)C1=O.CC(=C\C=C1/Oc2cc(C)c(C)cc2N1C)/C=C1/SC(=S)C(CC(=O)O)C1=O. The monoisotopic (exact) mass is 852 g/mol. The number of Topliss-reactive ketones (excluding diaryl/α,β-unsaturated/α-hetero) is 2. The van der Waals surface area contributed by atoms with Gasteiger partial charge >= 0.3 is 11.9 Å². The minimum absolute atomic E-state index is 0.217. The van der Waals surface area contributed by atoms with E-state index in [0.717, 1.165) is 44.8 Å². The number of benzene rings is 3. The van der Waals surface area contributed by atoms with E-state index in [0.29, 0.717) is 30.0 Å². The summed E-state index contributed by atoms with van der Waals surface area (Å²) < 4.78 is 12.9. The average molecular weight is 853 g/mol. The molecule has 3 aromatic carbocycles. The van der Waals surface area contributed by atoms with Crippen LogP contribution in [0.2, 0.25) is 0 Å². The number of carboxylic acids is 2. The second kappa shape index (κ2) is 17.7. The van der Waals surface area contributed by atoms with Crippen molar-refractivity contribution in [1.82, 2.24) is 0 Å². The second-order valence-electron chi connectivity index (χ2n) is 14.1. The van der Waals surface area contributed by atoms with Gasteiger partial charge in [0.25, 0.3) is 0 Å². The number of thiocarbonyl (C=S) groups is 2. The molecule has 7 rings (SSSR count). The highest BCUT2D eigenvalue weighted by Gasteiger charge is 2.37. The van der Waals surface area contributed by atoms with Crippen LogP contribution in [0.1, 0.15) is 37.8 Å². The summed E-state index contributed by atoms with van der Waals surface area (Å²) in [6.07, 6.45) is 10.4. The molecule has 58 heavy (non-hydrogen) atoms. The van der Waals surface area contributed by atoms with Gasteiger partial charge in [-0.15, -0.1) is 0 Å². The number of ketones is 2. The van der Waals surface area contributed by atoms with E-state index in [-0.39, 0.29) is 24.4 Å². The van der Waals surface area contributed by atoms with E-state index in [4.69, 9.17) is 44.1 Å². The minimum Gasteiger partial charge on any atom is -0.481 e. The Morgan fingerprint density at radius 1 is 0.741 bits per heavy atom. The molecule has 298 valence electrons. The van der Waals surface area contributed by atoms with E-state index < -0.39 is 23.8 Å². The van der Waals surface area contributed by atoms with Crippen LogP contribution in [0.4, 0.5) is 11.4 Å². The average Bonchev–Trinajstić information content (AvgIpc) is 3.83. The lowest BCUT2D eigenvalue weighted by molar-refractivity contribution is -0.139. The topological polar surface area (TPSA) is 134 Å². The van der Waals surface area contributed by atoms with Crippen molar-refractivity contribution in [3.8, 4) is 11.5 Å². The second-order valence-corrected chi connectivity index (χ2v) is 17.6. The van der Waals surface area contributed by atoms with E-state index in [2.05, 4.69) is 32.0 Å². The molecule has 4 aliphatic heterocycles. The van der Waals surface area contributed by atoms with Gasteiger partial charge in [0.05, 0.1) is 54.3 Å². The number of carboxylic acid groups (broad SMARTS) is 2. The Balaban J connectivity index is 0.000000196. The van der Waals surface area contributed by atoms with Crippen molar-refractivity contribution in [1.29, 1.82) is 0 Å². The van der Waals surface area contributed by atoms with Crippen LogP contribution in [-0.4, -0.2) is 56.2 Å². The lowest BCUT2D eigenvalue weighted by Crippen LogP contribution is -2.17. The molecule has 14 heteroatoms. The predicted molar refractivity (Wildman–Crippen MR) is 240 cm³/mol. The maximum atomic E-state index is 12.5. The van der Waals surface area contributed by atoms with Crippen molar-refractivity contribution in [3.05, 3.63) is 129 Å². The van der Waals surface area contributed by atoms with Gasteiger partial charge in [-0.25, -0.2) is 0 Å². The van der Waals surface area contributed by atoms with Crippen molar-refractivity contribution in [2.24, 2.45) is 11.8 Å². The normalized spacial score (nSPS) is 21.9. The zero-order chi connectivity index (χ0) is 42.0. The standard InChI is InChI=1S/C23H19NO4S2.C21H21NO4S2/c1-13(11-18-21(27)16(12-20(25)26)23(29)30-18)7-10-19-24(2)17-9-8-14-5-3-4-6-15(14)22(17)28-19;1-11(7-17-20(25)14(10-19(23)24)21(27)28-17)5-6-18-22(4)15-8-12(2)13(3)9-16(15)26-18/h3-11,16H,12H2,1-2H3,(H,25,26);5-9,14H,10H2,1-4H3,(H,23,24)/b13-7+,18-11+,19-10-;11-5+,17-7+,18-6-. The van der Waals surface area contributed by atoms with Crippen LogP contribution >= 0.6 is 48.0 Å². The van der Waals surface area contributed by atoms with Crippen LogP contribution in [-0.2, 0) is 19.2 Å². The third-order valence-electron chi connectivity index (χ3n) is 9.80. The number of aliphatic carboxylic acids is 2. The van der Waals surface area contributed by atoms with Crippen LogP contribution in [0, 0.1) is 25.7 Å². The Kier molecular flexibility index (Phi) is 12.9. The number of fused-ring (bicyclic) bond motifs is 4. The maximum absolute atomic E-state index is 12.5. The molecule has 0 aromatic heterocycles. The molecule has 2 unspecified atom stereocenters. The Hall–Kier alpha value is -5.28. The number of aryl methyl sites for hydroxylation is 2. The number of anilines is 2. The molecule has 2 saturated heterocycles. The van der Waals surface area contributed by atoms with Gasteiger partial charge in [-0.1, -0.05) is 90.4 Å². The smallest absolute Gasteiger partial charge is 0.304 e. The molecule has 2 N–H and O–H groups in total. The summed E-state index contributed by atoms with van der Waals surface area (Å²) in [5, 5.41) is 20.1. The predicted octanol–water partition coefficient (Wildman–Crippen LogP) is 9.61. The van der Waals surface area contributed by atoms with E-state index >= 15 is 0 Å². The van der Waals surface area contributed by atoms with Crippen molar-refractivity contribution >= 4 is 102 Å². The molecule has 0 amide bonds. The van der Waals surface area contributed by atoms with Gasteiger partial charge in [0, 0.05) is 19.5 Å². The molecule has 2 atom stereocenters. The van der Waals surface area contributed by atoms with Crippen LogP contribution in [0.5, 0.6) is 11.5 Å². The molecule has 0 saturated carbocycles. The van der Waals surface area contributed by atoms with Crippen LogP contribution in [0.15, 0.2) is 118 Å². The number of carbonyl (C=O) groups excluding carboxylic acids is 2. The number of ether oxygens (including phenoxy) is 2. The molecule has 10 nitrogen and oxygen atoms in total. The number of allylic oxidation sites excluding steroid dienone is 10. The van der Waals surface area contributed by atoms with Gasteiger partial charge < -0.3 is 29.5 Å². The quantitative estimate of drug-likeness (QED) is 0.165. The molecule has 0 radical (unpaired) electrons. The van der Waals surface area contributed by atoms with Gasteiger partial charge in [-0.2, -0.15) is 0 Å². The van der Waals surface area contributed by atoms with Crippen molar-refractivity contribution in [2.75, 3.05) is 23.9 Å². The third kappa shape index (κ3) is 9.20. The number of hydrogen-bond donors (Lipinski definition) is 2. The first-order chi connectivity index (χ1) is 27.5. The Morgan fingerprint density at radius 2 is 1.24 bits per heavy atom. The first-order valence-electron chi connectivity index (χ1n) is 18.1. The fraction of sp³-hybridized carbons (Fsp3) is 0.227. The van der Waals surface area contributed by atoms with E-state index in [1.54, 1.807) is 12.2 Å². The summed E-state index contributed by atoms with van der Waals surface area (Å²) in [5.74, 6) is -0.905. The van der Waals surface area contributed by atoms with E-state index in [1.165, 1.54) is 34.7 Å². The Bertz CT molecular complexity index is 2490. The van der Waals surface area contributed by atoms with Crippen molar-refractivity contribution in [3.63, 3.8) is 0 Å². The molecule has 0 bridgehead atoms. The van der Waals surface area contributed by atoms with Crippen LogP contribution in [0.25, 0.3) is 10.8 Å². The Labute approximate surface area is 355 Å². The maximum Gasteiger partial charge on any atom is 0.304 e. The molecule has 0 spiro atoms. The third-order valence-corrected chi connectivity index (χ3v) is 12.9. The highest BCUT2D eigenvalue weighted by Crippen LogP contribution is 2.44. The molecule has 4 heterocycles. The first-order valence-corrected chi connectivity index (χ1v) is 20.6. The highest BCUT2D eigenvalue weighted by molar-refractivity contribution is 8.27. The number of carbonyl (C=O) groups is 4. The minimum atomic E-state index is -1.02. The fourth-order valence-corrected chi connectivity index (χ4v) is 9.43. The van der Waals surface area contributed by atoms with Gasteiger partial charge in [0.2, 0.25) is 0 Å². The fourth-order valence-electron chi connectivity index (χ4n) is 6.44. The summed E-state index contributed by atoms with van der Waals surface area (Å²) in [6.45, 7) is 7.87. The summed E-state index contributed by atoms with van der Waals surface area (Å²) in [5.41, 5.74) is 6.08. The Morgan fingerprint density at radius 3 is 1.79 bits per heavy atom. The molecule has 2 fully saturated rings. The van der Waals surface area contributed by atoms with Gasteiger partial charge in [-0.3, -0.25) is 19.2 Å². The summed E-state index contributed by atoms with van der Waals surface area (Å²) in [4.78, 5) is 51.6. The van der Waals surface area contributed by atoms with Crippen LogP contribution < -0.4 is 19.3 Å². The molecule has 3 aromatic rings.